The number of anilines is 1. The molecule has 0 aliphatic carbocycles. The summed E-state index contributed by atoms with van der Waals surface area (Å²) in [4.78, 5) is 36.7. The van der Waals surface area contributed by atoms with E-state index in [4.69, 9.17) is 19.2 Å². The first-order valence-corrected chi connectivity index (χ1v) is 15.3. The van der Waals surface area contributed by atoms with Gasteiger partial charge >= 0.3 is 12.2 Å². The highest BCUT2D eigenvalue weighted by molar-refractivity contribution is 9.10. The summed E-state index contributed by atoms with van der Waals surface area (Å²) in [5.41, 5.74) is -1.14. The molecule has 0 saturated carbocycles. The zero-order chi connectivity index (χ0) is 31.7. The van der Waals surface area contributed by atoms with Crippen molar-refractivity contribution in [3.05, 3.63) is 22.9 Å². The summed E-state index contributed by atoms with van der Waals surface area (Å²) in [6, 6.07) is 1.65. The third-order valence-electron chi connectivity index (χ3n) is 7.51. The summed E-state index contributed by atoms with van der Waals surface area (Å²) < 4.78 is 20.3. The number of hydrogen-bond acceptors (Lipinski definition) is 8. The maximum absolute atomic E-state index is 13.4. The Morgan fingerprint density at radius 2 is 1.64 bits per heavy atom. The lowest BCUT2D eigenvalue weighted by Crippen LogP contribution is -2.59. The van der Waals surface area contributed by atoms with Crippen molar-refractivity contribution < 1.29 is 23.8 Å². The number of piperazine rings is 1. The molecule has 0 aromatic carbocycles. The van der Waals surface area contributed by atoms with Crippen molar-refractivity contribution in [2.45, 2.75) is 99.0 Å². The van der Waals surface area contributed by atoms with Crippen molar-refractivity contribution in [2.75, 3.05) is 44.2 Å². The molecule has 2 aromatic rings. The lowest BCUT2D eigenvalue weighted by Gasteiger charge is -2.45. The minimum absolute atomic E-state index is 0.0862. The zero-order valence-electron chi connectivity index (χ0n) is 27.2. The van der Waals surface area contributed by atoms with Gasteiger partial charge in [-0.05, 0) is 82.8 Å². The fraction of sp³-hybridized carbons (Fsp3) is 0.733. The number of ether oxygens (including phenoxy) is 3. The molecule has 2 amide bonds. The number of halogens is 1. The van der Waals surface area contributed by atoms with E-state index in [1.165, 1.54) is 0 Å². The molecule has 3 heterocycles. The Kier molecular flexibility index (Phi) is 10.3. The van der Waals surface area contributed by atoms with Crippen molar-refractivity contribution in [2.24, 2.45) is 5.41 Å². The minimum atomic E-state index is -0.676. The molecule has 3 rings (SSSR count). The third-order valence-corrected chi connectivity index (χ3v) is 8.07. The highest BCUT2D eigenvalue weighted by atomic mass is 79.9. The average molecular weight is 654 g/mol. The van der Waals surface area contributed by atoms with Crippen molar-refractivity contribution in [1.82, 2.24) is 24.4 Å². The van der Waals surface area contributed by atoms with Gasteiger partial charge in [-0.3, -0.25) is 9.80 Å². The standard InChI is InChI=1S/C30H49BrN6O5/c1-27(2,3)30(10,11)40-20-21-19-35(25(38)41-28(4,5)6)15-14-34(21)16-17-36(26(39)42-29(7,8)9)23-12-13-37-24(33-23)22(31)18-32-37/h12-13,18,21H,14-17,19-20H2,1-11H3/t21-/m0/s1. The lowest BCUT2D eigenvalue weighted by atomic mass is 9.79. The maximum atomic E-state index is 13.4. The predicted octanol–water partition coefficient (Wildman–Crippen LogP) is 6.00. The van der Waals surface area contributed by atoms with Crippen LogP contribution in [0.1, 0.15) is 76.2 Å². The second kappa shape index (κ2) is 12.7. The van der Waals surface area contributed by atoms with E-state index in [1.807, 2.05) is 41.5 Å². The Bertz CT molecular complexity index is 1240. The number of carbonyl (C=O) groups excluding carboxylic acids is 2. The molecular formula is C30H49BrN6O5. The van der Waals surface area contributed by atoms with E-state index >= 15 is 0 Å². The molecule has 1 aliphatic heterocycles. The molecule has 236 valence electrons. The fourth-order valence-corrected chi connectivity index (χ4v) is 4.55. The van der Waals surface area contributed by atoms with E-state index in [9.17, 15) is 9.59 Å². The summed E-state index contributed by atoms with van der Waals surface area (Å²) in [6.45, 7) is 24.6. The second-order valence-electron chi connectivity index (χ2n) is 14.4. The molecule has 0 N–H and O–H groups in total. The molecule has 0 spiro atoms. The van der Waals surface area contributed by atoms with Gasteiger partial charge in [0.1, 0.15) is 17.0 Å². The average Bonchev–Trinajstić information content (AvgIpc) is 3.20. The summed E-state index contributed by atoms with van der Waals surface area (Å²) >= 11 is 3.48. The van der Waals surface area contributed by atoms with Gasteiger partial charge in [0.05, 0.1) is 28.9 Å². The number of aromatic nitrogens is 3. The fourth-order valence-electron chi connectivity index (χ4n) is 4.19. The molecule has 1 saturated heterocycles. The van der Waals surface area contributed by atoms with Crippen LogP contribution in [-0.2, 0) is 14.2 Å². The third kappa shape index (κ3) is 9.03. The molecule has 42 heavy (non-hydrogen) atoms. The van der Waals surface area contributed by atoms with Crippen LogP contribution in [0.3, 0.4) is 0 Å². The number of carbonyl (C=O) groups is 2. The highest BCUT2D eigenvalue weighted by Gasteiger charge is 2.38. The minimum Gasteiger partial charge on any atom is -0.444 e. The highest BCUT2D eigenvalue weighted by Crippen LogP contribution is 2.33. The van der Waals surface area contributed by atoms with Crippen LogP contribution in [0.25, 0.3) is 5.65 Å². The van der Waals surface area contributed by atoms with Crippen LogP contribution in [0, 0.1) is 5.41 Å². The predicted molar refractivity (Wildman–Crippen MR) is 167 cm³/mol. The van der Waals surface area contributed by atoms with Crippen LogP contribution in [0.5, 0.6) is 0 Å². The molecule has 0 unspecified atom stereocenters. The van der Waals surface area contributed by atoms with E-state index < -0.39 is 22.9 Å². The quantitative estimate of drug-likeness (QED) is 0.359. The SMILES string of the molecule is CC(C)(C)OC(=O)N1CCN(CCN(C(=O)OC(C)(C)C)c2ccn3ncc(Br)c3n2)[C@H](COC(C)(C)C(C)(C)C)C1. The lowest BCUT2D eigenvalue weighted by molar-refractivity contribution is -0.114. The molecule has 12 heteroatoms. The van der Waals surface area contributed by atoms with Crippen LogP contribution in [-0.4, -0.2) is 98.8 Å². The largest absolute Gasteiger partial charge is 0.444 e. The number of fused-ring (bicyclic) bond motifs is 1. The van der Waals surface area contributed by atoms with Gasteiger partial charge in [0, 0.05) is 38.9 Å². The number of hydrogen-bond donors (Lipinski definition) is 0. The number of rotatable bonds is 7. The molecule has 2 aromatic heterocycles. The Morgan fingerprint density at radius 1 is 1.00 bits per heavy atom. The molecule has 0 radical (unpaired) electrons. The van der Waals surface area contributed by atoms with Crippen LogP contribution in [0.4, 0.5) is 15.4 Å². The monoisotopic (exact) mass is 652 g/mol. The van der Waals surface area contributed by atoms with E-state index in [0.717, 1.165) is 4.47 Å². The first-order chi connectivity index (χ1) is 19.2. The van der Waals surface area contributed by atoms with Crippen molar-refractivity contribution in [1.29, 1.82) is 0 Å². The van der Waals surface area contributed by atoms with Gasteiger partial charge in [-0.25, -0.2) is 19.1 Å². The van der Waals surface area contributed by atoms with Crippen molar-refractivity contribution in [3.8, 4) is 0 Å². The van der Waals surface area contributed by atoms with Crippen LogP contribution in [0.2, 0.25) is 0 Å². The van der Waals surface area contributed by atoms with Crippen LogP contribution in [0.15, 0.2) is 22.9 Å². The molecule has 1 aliphatic rings. The van der Waals surface area contributed by atoms with Crippen LogP contribution >= 0.6 is 15.9 Å². The van der Waals surface area contributed by atoms with Gasteiger partial charge in [0.25, 0.3) is 0 Å². The summed E-state index contributed by atoms with van der Waals surface area (Å²) in [5, 5.41) is 4.26. The summed E-state index contributed by atoms with van der Waals surface area (Å²) in [7, 11) is 0. The Hall–Kier alpha value is -2.44. The van der Waals surface area contributed by atoms with E-state index in [-0.39, 0.29) is 17.6 Å². The van der Waals surface area contributed by atoms with E-state index in [0.29, 0.717) is 50.8 Å². The first kappa shape index (κ1) is 34.1. The Balaban J connectivity index is 1.84. The maximum Gasteiger partial charge on any atom is 0.416 e. The van der Waals surface area contributed by atoms with Gasteiger partial charge in [-0.1, -0.05) is 20.8 Å². The van der Waals surface area contributed by atoms with E-state index in [1.54, 1.807) is 32.8 Å². The summed E-state index contributed by atoms with van der Waals surface area (Å²) in [5.74, 6) is 0.465. The normalized spacial score (nSPS) is 17.4. The topological polar surface area (TPSA) is 102 Å². The Morgan fingerprint density at radius 3 is 2.24 bits per heavy atom. The van der Waals surface area contributed by atoms with Gasteiger partial charge < -0.3 is 19.1 Å². The van der Waals surface area contributed by atoms with Gasteiger partial charge in [-0.15, -0.1) is 0 Å². The molecular weight excluding hydrogens is 604 g/mol. The van der Waals surface area contributed by atoms with Crippen LogP contribution < -0.4 is 4.90 Å². The van der Waals surface area contributed by atoms with Gasteiger partial charge in [0.2, 0.25) is 0 Å². The van der Waals surface area contributed by atoms with Crippen molar-refractivity contribution in [3.63, 3.8) is 0 Å². The first-order valence-electron chi connectivity index (χ1n) is 14.5. The smallest absolute Gasteiger partial charge is 0.416 e. The molecule has 0 bridgehead atoms. The molecule has 11 nitrogen and oxygen atoms in total. The second-order valence-corrected chi connectivity index (χ2v) is 15.2. The van der Waals surface area contributed by atoms with E-state index in [2.05, 4.69) is 60.5 Å². The number of amides is 2. The summed E-state index contributed by atoms with van der Waals surface area (Å²) in [6.07, 6.45) is 2.62. The van der Waals surface area contributed by atoms with Gasteiger partial charge in [-0.2, -0.15) is 5.10 Å². The molecule has 1 fully saturated rings. The van der Waals surface area contributed by atoms with Gasteiger partial charge in [0.15, 0.2) is 5.65 Å². The zero-order valence-corrected chi connectivity index (χ0v) is 28.7. The number of nitrogens with zero attached hydrogens (tertiary/aromatic N) is 6. The van der Waals surface area contributed by atoms with Crippen molar-refractivity contribution >= 4 is 39.6 Å². The molecule has 1 atom stereocenters. The Labute approximate surface area is 259 Å².